The molecule has 1 fully saturated rings. The number of carbonyl (C=O) groups is 1. The molecule has 6 nitrogen and oxygen atoms in total. The van der Waals surface area contributed by atoms with Crippen molar-refractivity contribution in [1.29, 1.82) is 0 Å². The van der Waals surface area contributed by atoms with Gasteiger partial charge in [0.15, 0.2) is 0 Å². The molecule has 0 spiro atoms. The second-order valence-corrected chi connectivity index (χ2v) is 8.36. The van der Waals surface area contributed by atoms with Crippen molar-refractivity contribution in [2.45, 2.75) is 51.8 Å². The van der Waals surface area contributed by atoms with E-state index in [2.05, 4.69) is 12.2 Å². The summed E-state index contributed by atoms with van der Waals surface area (Å²) in [5.74, 6) is -0.227. The van der Waals surface area contributed by atoms with Crippen LogP contribution in [0.15, 0.2) is 24.3 Å². The van der Waals surface area contributed by atoms with Gasteiger partial charge in [-0.05, 0) is 30.4 Å². The number of benzene rings is 1. The van der Waals surface area contributed by atoms with Crippen molar-refractivity contribution in [3.8, 4) is 0 Å². The van der Waals surface area contributed by atoms with Crippen LogP contribution >= 0.6 is 0 Å². The second-order valence-electron chi connectivity index (χ2n) is 6.42. The Hall–Kier alpha value is -1.44. The molecule has 0 aromatic heterocycles. The minimum Gasteiger partial charge on any atom is -0.377 e. The number of piperidine rings is 1. The maximum Gasteiger partial charge on any atom is 0.238 e. The first kappa shape index (κ1) is 19.9. The third kappa shape index (κ3) is 5.80. The smallest absolute Gasteiger partial charge is 0.238 e. The van der Waals surface area contributed by atoms with E-state index in [0.29, 0.717) is 32.7 Å². The molecule has 7 heteroatoms. The van der Waals surface area contributed by atoms with Gasteiger partial charge in [0, 0.05) is 19.7 Å². The minimum absolute atomic E-state index is 0.227. The highest BCUT2D eigenvalue weighted by molar-refractivity contribution is 7.88. The molecule has 1 N–H and O–H groups in total. The molecular formula is C18H28N2O4S. The van der Waals surface area contributed by atoms with E-state index >= 15 is 0 Å². The van der Waals surface area contributed by atoms with Crippen LogP contribution in [-0.2, 0) is 32.7 Å². The Kier molecular flexibility index (Phi) is 7.40. The number of carbonyl (C=O) groups excluding carboxylic acids is 1. The number of hydrogen-bond acceptors (Lipinski definition) is 4. The molecule has 1 saturated heterocycles. The van der Waals surface area contributed by atoms with Gasteiger partial charge < -0.3 is 10.1 Å². The molecular weight excluding hydrogens is 340 g/mol. The second kappa shape index (κ2) is 9.31. The number of ether oxygens (including phenoxy) is 1. The highest BCUT2D eigenvalue weighted by atomic mass is 32.2. The molecule has 1 aliphatic rings. The summed E-state index contributed by atoms with van der Waals surface area (Å²) < 4.78 is 30.7. The van der Waals surface area contributed by atoms with Crippen molar-refractivity contribution in [2.24, 2.45) is 0 Å². The Morgan fingerprint density at radius 1 is 1.28 bits per heavy atom. The van der Waals surface area contributed by atoms with Crippen LogP contribution in [0.25, 0.3) is 0 Å². The molecule has 1 amide bonds. The summed E-state index contributed by atoms with van der Waals surface area (Å²) in [5, 5.41) is 2.90. The minimum atomic E-state index is -3.37. The first-order chi connectivity index (χ1) is 11.9. The van der Waals surface area contributed by atoms with Gasteiger partial charge in [-0.2, -0.15) is 4.31 Å². The van der Waals surface area contributed by atoms with Gasteiger partial charge in [-0.3, -0.25) is 4.79 Å². The molecule has 1 aromatic rings. The average Bonchev–Trinajstić information content (AvgIpc) is 2.60. The lowest BCUT2D eigenvalue weighted by molar-refractivity contribution is -0.125. The molecule has 1 atom stereocenters. The summed E-state index contributed by atoms with van der Waals surface area (Å²) in [6.45, 7) is 4.06. The predicted octanol–water partition coefficient (Wildman–Crippen LogP) is 2.04. The van der Waals surface area contributed by atoms with E-state index in [0.717, 1.165) is 30.4 Å². The largest absolute Gasteiger partial charge is 0.377 e. The van der Waals surface area contributed by atoms with E-state index < -0.39 is 16.1 Å². The van der Waals surface area contributed by atoms with E-state index in [1.807, 2.05) is 24.3 Å². The van der Waals surface area contributed by atoms with Crippen LogP contribution in [0, 0.1) is 0 Å². The summed E-state index contributed by atoms with van der Waals surface area (Å²) in [4.78, 5) is 12.6. The fourth-order valence-electron chi connectivity index (χ4n) is 3.06. The molecule has 140 valence electrons. The number of nitrogens with zero attached hydrogens (tertiary/aromatic N) is 1. The maximum atomic E-state index is 12.6. The number of sulfonamides is 1. The first-order valence-corrected chi connectivity index (χ1v) is 10.7. The summed E-state index contributed by atoms with van der Waals surface area (Å²) in [6, 6.07) is 7.21. The van der Waals surface area contributed by atoms with Crippen molar-refractivity contribution in [3.63, 3.8) is 0 Å². The van der Waals surface area contributed by atoms with Crippen LogP contribution < -0.4 is 5.32 Å². The standard InChI is InChI=1S/C18H28N2O4S/c1-3-12-24-14-16-9-5-4-8-15(16)13-19-18(21)17-10-6-7-11-20(17)25(2,22)23/h4-5,8-9,17H,3,6-7,10-14H2,1-2H3,(H,19,21). The molecule has 25 heavy (non-hydrogen) atoms. The molecule has 1 heterocycles. The zero-order valence-electron chi connectivity index (χ0n) is 15.0. The van der Waals surface area contributed by atoms with E-state index in [4.69, 9.17) is 4.74 Å². The molecule has 0 aliphatic carbocycles. The van der Waals surface area contributed by atoms with Gasteiger partial charge in [-0.15, -0.1) is 0 Å². The van der Waals surface area contributed by atoms with Gasteiger partial charge in [0.1, 0.15) is 6.04 Å². The summed E-state index contributed by atoms with van der Waals surface area (Å²) in [5.41, 5.74) is 2.04. The monoisotopic (exact) mass is 368 g/mol. The number of rotatable bonds is 8. The number of hydrogen-bond donors (Lipinski definition) is 1. The van der Waals surface area contributed by atoms with Gasteiger partial charge in [0.05, 0.1) is 12.9 Å². The van der Waals surface area contributed by atoms with E-state index in [1.165, 1.54) is 10.6 Å². The van der Waals surface area contributed by atoms with Crippen LogP contribution in [0.1, 0.15) is 43.7 Å². The zero-order chi connectivity index (χ0) is 18.3. The Morgan fingerprint density at radius 3 is 2.68 bits per heavy atom. The highest BCUT2D eigenvalue weighted by Crippen LogP contribution is 2.20. The van der Waals surface area contributed by atoms with Gasteiger partial charge >= 0.3 is 0 Å². The Balaban J connectivity index is 1.99. The van der Waals surface area contributed by atoms with Gasteiger partial charge in [0.2, 0.25) is 15.9 Å². The van der Waals surface area contributed by atoms with Crippen molar-refractivity contribution < 1.29 is 17.9 Å². The third-order valence-corrected chi connectivity index (χ3v) is 5.65. The molecule has 1 aromatic carbocycles. The molecule has 0 saturated carbocycles. The predicted molar refractivity (Wildman–Crippen MR) is 97.4 cm³/mol. The SMILES string of the molecule is CCCOCc1ccccc1CNC(=O)C1CCCCN1S(C)(=O)=O. The van der Waals surface area contributed by atoms with Crippen LogP contribution in [0.3, 0.4) is 0 Å². The lowest BCUT2D eigenvalue weighted by atomic mass is 10.0. The number of nitrogens with one attached hydrogen (secondary N) is 1. The van der Waals surface area contributed by atoms with E-state index in [9.17, 15) is 13.2 Å². The van der Waals surface area contributed by atoms with Crippen molar-refractivity contribution in [2.75, 3.05) is 19.4 Å². The molecule has 2 rings (SSSR count). The highest BCUT2D eigenvalue weighted by Gasteiger charge is 2.34. The molecule has 1 aliphatic heterocycles. The van der Waals surface area contributed by atoms with Crippen LogP contribution in [0.5, 0.6) is 0 Å². The van der Waals surface area contributed by atoms with Gasteiger partial charge in [-0.25, -0.2) is 8.42 Å². The quantitative estimate of drug-likeness (QED) is 0.713. The molecule has 0 radical (unpaired) electrons. The third-order valence-electron chi connectivity index (χ3n) is 4.36. The number of amides is 1. The van der Waals surface area contributed by atoms with E-state index in [-0.39, 0.29) is 5.91 Å². The fourth-order valence-corrected chi connectivity index (χ4v) is 4.19. The fraction of sp³-hybridized carbons (Fsp3) is 0.611. The topological polar surface area (TPSA) is 75.7 Å². The van der Waals surface area contributed by atoms with Gasteiger partial charge in [-0.1, -0.05) is 37.6 Å². The lowest BCUT2D eigenvalue weighted by Crippen LogP contribution is -2.51. The Bertz CT molecular complexity index is 675. The van der Waals surface area contributed by atoms with Crippen LogP contribution in [0.4, 0.5) is 0 Å². The average molecular weight is 368 g/mol. The Labute approximate surface area is 150 Å². The lowest BCUT2D eigenvalue weighted by Gasteiger charge is -2.32. The molecule has 0 bridgehead atoms. The van der Waals surface area contributed by atoms with Gasteiger partial charge in [0.25, 0.3) is 0 Å². The summed E-state index contributed by atoms with van der Waals surface area (Å²) in [7, 11) is -3.37. The van der Waals surface area contributed by atoms with Crippen molar-refractivity contribution >= 4 is 15.9 Å². The van der Waals surface area contributed by atoms with Crippen LogP contribution in [-0.4, -0.2) is 44.1 Å². The normalized spacial score (nSPS) is 18.9. The van der Waals surface area contributed by atoms with Crippen LogP contribution in [0.2, 0.25) is 0 Å². The zero-order valence-corrected chi connectivity index (χ0v) is 15.8. The first-order valence-electron chi connectivity index (χ1n) is 8.82. The van der Waals surface area contributed by atoms with Crippen molar-refractivity contribution in [1.82, 2.24) is 9.62 Å². The summed E-state index contributed by atoms with van der Waals surface area (Å²) >= 11 is 0. The molecule has 1 unspecified atom stereocenters. The maximum absolute atomic E-state index is 12.6. The van der Waals surface area contributed by atoms with Crippen molar-refractivity contribution in [3.05, 3.63) is 35.4 Å². The Morgan fingerprint density at radius 2 is 2.00 bits per heavy atom. The summed E-state index contributed by atoms with van der Waals surface area (Å²) in [6.07, 6.45) is 4.36. The van der Waals surface area contributed by atoms with E-state index in [1.54, 1.807) is 0 Å².